The van der Waals surface area contributed by atoms with Crippen molar-refractivity contribution in [3.63, 3.8) is 0 Å². The molecule has 0 saturated heterocycles. The van der Waals surface area contributed by atoms with Gasteiger partial charge in [0.1, 0.15) is 0 Å². The lowest BCUT2D eigenvalue weighted by Crippen LogP contribution is -2.22. The molecule has 1 amide bonds. The lowest BCUT2D eigenvalue weighted by molar-refractivity contribution is -0.121. The van der Waals surface area contributed by atoms with E-state index in [1.165, 1.54) is 5.39 Å². The molecule has 0 saturated carbocycles. The third-order valence-corrected chi connectivity index (χ3v) is 3.53. The van der Waals surface area contributed by atoms with E-state index in [1.807, 2.05) is 24.4 Å². The Morgan fingerprint density at radius 2 is 2.05 bits per heavy atom. The summed E-state index contributed by atoms with van der Waals surface area (Å²) in [6.07, 6.45) is 5.67. The number of benzene rings is 1. The van der Waals surface area contributed by atoms with E-state index in [9.17, 15) is 4.79 Å². The Morgan fingerprint density at radius 3 is 2.89 bits per heavy atom. The second-order valence-corrected chi connectivity index (χ2v) is 5.12. The van der Waals surface area contributed by atoms with Crippen LogP contribution in [0.15, 0.2) is 30.5 Å². The van der Waals surface area contributed by atoms with E-state index in [0.717, 1.165) is 36.1 Å². The van der Waals surface area contributed by atoms with Gasteiger partial charge in [0.15, 0.2) is 0 Å². The zero-order valence-electron chi connectivity index (χ0n) is 11.0. The number of aromatic amines is 1. The van der Waals surface area contributed by atoms with Gasteiger partial charge in [-0.2, -0.15) is 12.6 Å². The van der Waals surface area contributed by atoms with Crippen LogP contribution in [0, 0.1) is 0 Å². The summed E-state index contributed by atoms with van der Waals surface area (Å²) in [5, 5.41) is 4.15. The second kappa shape index (κ2) is 7.24. The SMILES string of the molecule is O=C(CCCCCS)NCc1c[nH]c2ccccc12. The Morgan fingerprint density at radius 1 is 1.21 bits per heavy atom. The molecule has 2 N–H and O–H groups in total. The van der Waals surface area contributed by atoms with E-state index in [4.69, 9.17) is 0 Å². The van der Waals surface area contributed by atoms with Crippen molar-refractivity contribution in [2.75, 3.05) is 5.75 Å². The van der Waals surface area contributed by atoms with Gasteiger partial charge in [0.05, 0.1) is 0 Å². The average molecular weight is 276 g/mol. The predicted molar refractivity (Wildman–Crippen MR) is 82.5 cm³/mol. The summed E-state index contributed by atoms with van der Waals surface area (Å²) in [6, 6.07) is 8.12. The smallest absolute Gasteiger partial charge is 0.220 e. The molecule has 2 rings (SSSR count). The third kappa shape index (κ3) is 4.03. The minimum absolute atomic E-state index is 0.129. The number of para-hydroxylation sites is 1. The molecular formula is C15H20N2OS. The van der Waals surface area contributed by atoms with E-state index in [2.05, 4.69) is 29.0 Å². The molecule has 0 radical (unpaired) electrons. The maximum Gasteiger partial charge on any atom is 0.220 e. The molecule has 102 valence electrons. The van der Waals surface area contributed by atoms with Crippen LogP contribution in [-0.2, 0) is 11.3 Å². The Labute approximate surface area is 119 Å². The van der Waals surface area contributed by atoms with Crippen LogP contribution in [-0.4, -0.2) is 16.6 Å². The van der Waals surface area contributed by atoms with Crippen molar-refractivity contribution in [2.24, 2.45) is 0 Å². The first-order valence-corrected chi connectivity index (χ1v) is 7.37. The summed E-state index contributed by atoms with van der Waals surface area (Å²) in [5.74, 6) is 1.03. The largest absolute Gasteiger partial charge is 0.361 e. The first kappa shape index (κ1) is 14.0. The predicted octanol–water partition coefficient (Wildman–Crippen LogP) is 3.27. The highest BCUT2D eigenvalue weighted by molar-refractivity contribution is 7.80. The first-order chi connectivity index (χ1) is 9.31. The van der Waals surface area contributed by atoms with Crippen molar-refractivity contribution in [1.29, 1.82) is 0 Å². The minimum atomic E-state index is 0.129. The van der Waals surface area contributed by atoms with Gasteiger partial charge in [0.2, 0.25) is 5.91 Å². The second-order valence-electron chi connectivity index (χ2n) is 4.67. The number of carbonyl (C=O) groups is 1. The number of rotatable bonds is 7. The van der Waals surface area contributed by atoms with Crippen LogP contribution in [0.5, 0.6) is 0 Å². The van der Waals surface area contributed by atoms with Gasteiger partial charge in [-0.15, -0.1) is 0 Å². The molecule has 0 unspecified atom stereocenters. The van der Waals surface area contributed by atoms with Gasteiger partial charge in [-0.1, -0.05) is 24.6 Å². The monoisotopic (exact) mass is 276 g/mol. The van der Waals surface area contributed by atoms with Crippen LogP contribution < -0.4 is 5.32 Å². The number of amides is 1. The van der Waals surface area contributed by atoms with Crippen molar-refractivity contribution in [3.8, 4) is 0 Å². The van der Waals surface area contributed by atoms with Crippen LogP contribution in [0.2, 0.25) is 0 Å². The molecule has 1 aromatic carbocycles. The molecule has 0 aliphatic rings. The van der Waals surface area contributed by atoms with Gasteiger partial charge in [-0.3, -0.25) is 4.79 Å². The summed E-state index contributed by atoms with van der Waals surface area (Å²) in [7, 11) is 0. The van der Waals surface area contributed by atoms with Gasteiger partial charge in [-0.05, 0) is 30.2 Å². The standard InChI is InChI=1S/C15H20N2OS/c18-15(8-2-1-5-9-19)17-11-12-10-16-14-7-4-3-6-13(12)14/h3-4,6-7,10,16,19H,1-2,5,8-9,11H2,(H,17,18). The Hall–Kier alpha value is -1.42. The van der Waals surface area contributed by atoms with Gasteiger partial charge >= 0.3 is 0 Å². The number of nitrogens with one attached hydrogen (secondary N) is 2. The Bertz CT molecular complexity index is 536. The fourth-order valence-electron chi connectivity index (χ4n) is 2.13. The maximum atomic E-state index is 11.7. The van der Waals surface area contributed by atoms with E-state index in [-0.39, 0.29) is 5.91 Å². The first-order valence-electron chi connectivity index (χ1n) is 6.74. The van der Waals surface area contributed by atoms with Crippen molar-refractivity contribution in [3.05, 3.63) is 36.0 Å². The van der Waals surface area contributed by atoms with Crippen molar-refractivity contribution >= 4 is 29.4 Å². The third-order valence-electron chi connectivity index (χ3n) is 3.21. The summed E-state index contributed by atoms with van der Waals surface area (Å²) in [5.41, 5.74) is 2.25. The van der Waals surface area contributed by atoms with E-state index >= 15 is 0 Å². The van der Waals surface area contributed by atoms with E-state index < -0.39 is 0 Å². The number of hydrogen-bond donors (Lipinski definition) is 3. The highest BCUT2D eigenvalue weighted by atomic mass is 32.1. The summed E-state index contributed by atoms with van der Waals surface area (Å²) >= 11 is 4.16. The molecule has 3 nitrogen and oxygen atoms in total. The van der Waals surface area contributed by atoms with Gasteiger partial charge in [-0.25, -0.2) is 0 Å². The number of aromatic nitrogens is 1. The molecule has 0 atom stereocenters. The van der Waals surface area contributed by atoms with Gasteiger partial charge < -0.3 is 10.3 Å². The molecule has 0 aliphatic carbocycles. The van der Waals surface area contributed by atoms with Crippen molar-refractivity contribution in [2.45, 2.75) is 32.2 Å². The van der Waals surface area contributed by atoms with E-state index in [0.29, 0.717) is 13.0 Å². The van der Waals surface area contributed by atoms with E-state index in [1.54, 1.807) is 0 Å². The zero-order chi connectivity index (χ0) is 13.5. The molecule has 0 aliphatic heterocycles. The topological polar surface area (TPSA) is 44.9 Å². The van der Waals surface area contributed by atoms with Crippen LogP contribution in [0.3, 0.4) is 0 Å². The number of unbranched alkanes of at least 4 members (excludes halogenated alkanes) is 2. The summed E-state index contributed by atoms with van der Waals surface area (Å²) in [4.78, 5) is 14.9. The zero-order valence-corrected chi connectivity index (χ0v) is 11.9. The number of H-pyrrole nitrogens is 1. The lowest BCUT2D eigenvalue weighted by atomic mass is 10.1. The Balaban J connectivity index is 1.80. The highest BCUT2D eigenvalue weighted by Gasteiger charge is 2.05. The van der Waals surface area contributed by atoms with Gasteiger partial charge in [0, 0.05) is 30.1 Å². The fraction of sp³-hybridized carbons (Fsp3) is 0.400. The number of fused-ring (bicyclic) bond motifs is 1. The molecule has 1 heterocycles. The van der Waals surface area contributed by atoms with Crippen LogP contribution in [0.4, 0.5) is 0 Å². The van der Waals surface area contributed by atoms with Crippen molar-refractivity contribution < 1.29 is 4.79 Å². The van der Waals surface area contributed by atoms with Gasteiger partial charge in [0.25, 0.3) is 0 Å². The summed E-state index contributed by atoms with van der Waals surface area (Å²) in [6.45, 7) is 0.593. The normalized spacial score (nSPS) is 10.8. The highest BCUT2D eigenvalue weighted by Crippen LogP contribution is 2.17. The molecule has 19 heavy (non-hydrogen) atoms. The number of thiol groups is 1. The quantitative estimate of drug-likeness (QED) is 0.527. The lowest BCUT2D eigenvalue weighted by Gasteiger charge is -2.04. The van der Waals surface area contributed by atoms with Crippen LogP contribution >= 0.6 is 12.6 Å². The molecular weight excluding hydrogens is 256 g/mol. The van der Waals surface area contributed by atoms with Crippen LogP contribution in [0.1, 0.15) is 31.2 Å². The molecule has 0 spiro atoms. The molecule has 1 aromatic heterocycles. The molecule has 0 bridgehead atoms. The fourth-order valence-corrected chi connectivity index (χ4v) is 2.36. The maximum absolute atomic E-state index is 11.7. The minimum Gasteiger partial charge on any atom is -0.361 e. The number of carbonyl (C=O) groups excluding carboxylic acids is 1. The average Bonchev–Trinajstić information content (AvgIpc) is 2.85. The van der Waals surface area contributed by atoms with Crippen LogP contribution in [0.25, 0.3) is 10.9 Å². The Kier molecular flexibility index (Phi) is 5.33. The van der Waals surface area contributed by atoms with Crippen molar-refractivity contribution in [1.82, 2.24) is 10.3 Å². The molecule has 4 heteroatoms. The summed E-state index contributed by atoms with van der Waals surface area (Å²) < 4.78 is 0. The molecule has 0 fully saturated rings. The number of hydrogen-bond acceptors (Lipinski definition) is 2. The molecule has 2 aromatic rings.